The number of fused-ring (bicyclic) bond motifs is 1. The fraction of sp³-hybridized carbons (Fsp3) is 0.467. The van der Waals surface area contributed by atoms with E-state index in [1.807, 2.05) is 11.6 Å². The fourth-order valence-electron chi connectivity index (χ4n) is 6.53. The number of nitrogens with zero attached hydrogens (tertiary/aromatic N) is 5. The minimum atomic E-state index is -1.13. The summed E-state index contributed by atoms with van der Waals surface area (Å²) in [6, 6.07) is 11.9. The van der Waals surface area contributed by atoms with Crippen LogP contribution in [-0.4, -0.2) is 82.1 Å². The van der Waals surface area contributed by atoms with Gasteiger partial charge >= 0.3 is 0 Å². The molecule has 6 rings (SSSR count). The van der Waals surface area contributed by atoms with Gasteiger partial charge in [0, 0.05) is 50.3 Å². The average molecular weight is 549 g/mol. The van der Waals surface area contributed by atoms with Gasteiger partial charge in [0.1, 0.15) is 17.4 Å². The van der Waals surface area contributed by atoms with Gasteiger partial charge in [-0.2, -0.15) is 0 Å². The number of alkyl halides is 1. The molecule has 2 aromatic heterocycles. The zero-order valence-electron chi connectivity index (χ0n) is 23.3. The number of aryl methyl sites for hydroxylation is 1. The maximum atomic E-state index is 14.2. The Morgan fingerprint density at radius 2 is 2.02 bits per heavy atom. The molecule has 212 valence electrons. The molecule has 40 heavy (non-hydrogen) atoms. The molecule has 2 aliphatic rings. The molecule has 0 saturated carbocycles. The smallest absolute Gasteiger partial charge is 0.254 e. The lowest BCUT2D eigenvalue weighted by Crippen LogP contribution is -2.50. The van der Waals surface area contributed by atoms with Gasteiger partial charge in [0.15, 0.2) is 5.82 Å². The lowest BCUT2D eigenvalue weighted by Gasteiger charge is -2.36. The van der Waals surface area contributed by atoms with Gasteiger partial charge < -0.3 is 34.5 Å². The van der Waals surface area contributed by atoms with Crippen LogP contribution in [0.1, 0.15) is 42.6 Å². The lowest BCUT2D eigenvalue weighted by atomic mass is 10.0. The van der Waals surface area contributed by atoms with Crippen LogP contribution in [0.5, 0.6) is 5.75 Å². The highest BCUT2D eigenvalue weighted by Crippen LogP contribution is 2.42. The van der Waals surface area contributed by atoms with Crippen molar-refractivity contribution in [2.75, 3.05) is 44.8 Å². The molecule has 1 saturated heterocycles. The van der Waals surface area contributed by atoms with Gasteiger partial charge in [-0.05, 0) is 43.5 Å². The van der Waals surface area contributed by atoms with E-state index in [9.17, 15) is 14.3 Å². The second kappa shape index (κ2) is 10.4. The number of aromatic nitrogens is 3. The third-order valence-corrected chi connectivity index (χ3v) is 8.38. The Balaban J connectivity index is 1.48. The summed E-state index contributed by atoms with van der Waals surface area (Å²) in [5.74, 6) is 1.05. The summed E-state index contributed by atoms with van der Waals surface area (Å²) < 4.78 is 24.4. The number of nitrogens with two attached hydrogens (primary N) is 1. The Kier molecular flexibility index (Phi) is 6.92. The van der Waals surface area contributed by atoms with Crippen LogP contribution < -0.4 is 15.4 Å². The van der Waals surface area contributed by atoms with Crippen molar-refractivity contribution >= 4 is 33.5 Å². The Morgan fingerprint density at radius 1 is 1.20 bits per heavy atom. The minimum Gasteiger partial charge on any atom is -0.494 e. The third kappa shape index (κ3) is 4.30. The van der Waals surface area contributed by atoms with Gasteiger partial charge in [0.2, 0.25) is 0 Å². The number of carbonyl (C=O) groups is 1. The Bertz CT molecular complexity index is 1570. The number of piperidine rings is 1. The molecule has 0 aliphatic carbocycles. The standard InChI is InChI=1S/C30H37FN6O3/c1-4-22-17-35(9-6-10-38)24-8-5-7-18-12-25(37(22)27(18)24)29-33-23-11-19(13-26(40-3)28(23)34(29)2)30(39)36-15-20(31)14-21(32)16-36/h5,7-8,11-13,20-22,38H,4,6,9-10,14-17,32H2,1-3H3/t20-,21-,22+/m1/s1. The van der Waals surface area contributed by atoms with Gasteiger partial charge in [0.05, 0.1) is 42.1 Å². The monoisotopic (exact) mass is 548 g/mol. The van der Waals surface area contributed by atoms with Crippen molar-refractivity contribution in [3.05, 3.63) is 42.0 Å². The van der Waals surface area contributed by atoms with Crippen molar-refractivity contribution in [1.29, 1.82) is 0 Å². The number of carbonyl (C=O) groups excluding carboxylic acids is 1. The Labute approximate surface area is 232 Å². The van der Waals surface area contributed by atoms with Crippen molar-refractivity contribution in [2.24, 2.45) is 12.8 Å². The van der Waals surface area contributed by atoms with Gasteiger partial charge in [-0.1, -0.05) is 19.1 Å². The summed E-state index contributed by atoms with van der Waals surface area (Å²) in [6.07, 6.45) is 0.807. The largest absolute Gasteiger partial charge is 0.494 e. The van der Waals surface area contributed by atoms with Gasteiger partial charge in [-0.15, -0.1) is 0 Å². The number of benzene rings is 2. The number of likely N-dealkylation sites (tertiary alicyclic amines) is 1. The van der Waals surface area contributed by atoms with E-state index in [0.717, 1.165) is 54.0 Å². The van der Waals surface area contributed by atoms with E-state index in [4.69, 9.17) is 15.5 Å². The maximum absolute atomic E-state index is 14.2. The molecule has 2 aliphatic heterocycles. The number of methoxy groups -OCH3 is 1. The van der Waals surface area contributed by atoms with Crippen molar-refractivity contribution in [2.45, 2.75) is 44.4 Å². The molecule has 0 bridgehead atoms. The van der Waals surface area contributed by atoms with E-state index >= 15 is 0 Å². The molecule has 3 N–H and O–H groups in total. The number of halogens is 1. The molecule has 4 heterocycles. The number of hydrogen-bond donors (Lipinski definition) is 2. The second-order valence-corrected chi connectivity index (χ2v) is 11.0. The number of aliphatic hydroxyl groups is 1. The summed E-state index contributed by atoms with van der Waals surface area (Å²) in [4.78, 5) is 22.3. The first-order valence-corrected chi connectivity index (χ1v) is 14.1. The highest BCUT2D eigenvalue weighted by Gasteiger charge is 2.32. The zero-order chi connectivity index (χ0) is 28.1. The van der Waals surface area contributed by atoms with Crippen LogP contribution in [0.4, 0.5) is 10.1 Å². The summed E-state index contributed by atoms with van der Waals surface area (Å²) in [5, 5.41) is 10.6. The van der Waals surface area contributed by atoms with E-state index in [0.29, 0.717) is 23.4 Å². The van der Waals surface area contributed by atoms with Crippen LogP contribution >= 0.6 is 0 Å². The molecule has 4 aromatic rings. The topological polar surface area (TPSA) is 102 Å². The van der Waals surface area contributed by atoms with Crippen molar-refractivity contribution in [3.8, 4) is 17.3 Å². The van der Waals surface area contributed by atoms with Gasteiger partial charge in [-0.25, -0.2) is 9.37 Å². The number of amides is 1. The molecule has 9 nitrogen and oxygen atoms in total. The quantitative estimate of drug-likeness (QED) is 0.364. The predicted molar refractivity (Wildman–Crippen MR) is 155 cm³/mol. The van der Waals surface area contributed by atoms with Crippen LogP contribution in [0.25, 0.3) is 33.5 Å². The molecule has 2 aromatic carbocycles. The van der Waals surface area contributed by atoms with E-state index in [1.54, 1.807) is 19.2 Å². The SMILES string of the molecule is CC[C@H]1CN(CCCO)c2cccc3cc(-c4nc5cc(C(=O)N6C[C@H](N)C[C@@H](F)C6)cc(OC)c5n4C)n1c23. The molecule has 0 unspecified atom stereocenters. The van der Waals surface area contributed by atoms with Crippen molar-refractivity contribution < 1.29 is 19.0 Å². The molecular weight excluding hydrogens is 511 g/mol. The highest BCUT2D eigenvalue weighted by molar-refractivity contribution is 6.01. The van der Waals surface area contributed by atoms with E-state index in [1.165, 1.54) is 10.4 Å². The third-order valence-electron chi connectivity index (χ3n) is 8.38. The molecular formula is C30H37FN6O3. The normalized spacial score (nSPS) is 21.0. The van der Waals surface area contributed by atoms with E-state index < -0.39 is 6.17 Å². The average Bonchev–Trinajstić information content (AvgIpc) is 3.50. The number of para-hydroxylation sites is 1. The van der Waals surface area contributed by atoms with Crippen LogP contribution in [-0.2, 0) is 7.05 Å². The van der Waals surface area contributed by atoms with Gasteiger partial charge in [-0.3, -0.25) is 4.79 Å². The maximum Gasteiger partial charge on any atom is 0.254 e. The molecule has 3 atom stereocenters. The summed E-state index contributed by atoms with van der Waals surface area (Å²) in [5.41, 5.74) is 11.2. The Hall–Kier alpha value is -3.63. The summed E-state index contributed by atoms with van der Waals surface area (Å²) in [7, 11) is 3.55. The first-order valence-electron chi connectivity index (χ1n) is 14.1. The number of imidazole rings is 1. The molecule has 10 heteroatoms. The molecule has 1 amide bonds. The van der Waals surface area contributed by atoms with Crippen molar-refractivity contribution in [3.63, 3.8) is 0 Å². The van der Waals surface area contributed by atoms with Crippen LogP contribution in [0.15, 0.2) is 36.4 Å². The number of ether oxygens (including phenoxy) is 1. The number of hydrogen-bond acceptors (Lipinski definition) is 6. The van der Waals surface area contributed by atoms with Crippen LogP contribution in [0, 0.1) is 0 Å². The number of anilines is 1. The van der Waals surface area contributed by atoms with Crippen molar-refractivity contribution in [1.82, 2.24) is 19.0 Å². The first kappa shape index (κ1) is 26.6. The molecule has 0 spiro atoms. The van der Waals surface area contributed by atoms with Gasteiger partial charge in [0.25, 0.3) is 5.91 Å². The van der Waals surface area contributed by atoms with E-state index in [-0.39, 0.29) is 37.6 Å². The molecule has 0 radical (unpaired) electrons. The van der Waals surface area contributed by atoms with Crippen LogP contribution in [0.3, 0.4) is 0 Å². The Morgan fingerprint density at radius 3 is 2.75 bits per heavy atom. The van der Waals surface area contributed by atoms with Crippen LogP contribution in [0.2, 0.25) is 0 Å². The fourth-order valence-corrected chi connectivity index (χ4v) is 6.53. The number of rotatable bonds is 7. The summed E-state index contributed by atoms with van der Waals surface area (Å²) >= 11 is 0. The number of aliphatic hydroxyl groups excluding tert-OH is 1. The summed E-state index contributed by atoms with van der Waals surface area (Å²) in [6.45, 7) is 4.38. The van der Waals surface area contributed by atoms with E-state index in [2.05, 4.69) is 40.7 Å². The first-order chi connectivity index (χ1) is 19.3. The lowest BCUT2D eigenvalue weighted by molar-refractivity contribution is 0.0606. The highest BCUT2D eigenvalue weighted by atomic mass is 19.1. The minimum absolute atomic E-state index is 0.0382. The second-order valence-electron chi connectivity index (χ2n) is 11.0. The zero-order valence-corrected chi connectivity index (χ0v) is 23.3. The molecule has 1 fully saturated rings. The predicted octanol–water partition coefficient (Wildman–Crippen LogP) is 3.87.